The molecule has 1 aliphatic heterocycles. The lowest BCUT2D eigenvalue weighted by molar-refractivity contribution is -0.145. The Hall–Kier alpha value is -3.16. The molecule has 8 nitrogen and oxygen atoms in total. The molecule has 1 fully saturated rings. The molecule has 0 unspecified atom stereocenters. The maximum absolute atomic E-state index is 15.4. The van der Waals surface area contributed by atoms with Crippen LogP contribution >= 0.6 is 11.3 Å². The van der Waals surface area contributed by atoms with E-state index in [1.165, 1.54) is 30.4 Å². The predicted octanol–water partition coefficient (Wildman–Crippen LogP) is 4.04. The second-order valence-corrected chi connectivity index (χ2v) is 9.14. The van der Waals surface area contributed by atoms with Gasteiger partial charge in [-0.05, 0) is 26.0 Å². The van der Waals surface area contributed by atoms with Crippen molar-refractivity contribution >= 4 is 17.2 Å². The number of aliphatic hydroxyl groups is 1. The van der Waals surface area contributed by atoms with Crippen molar-refractivity contribution in [1.29, 1.82) is 0 Å². The molecule has 1 saturated heterocycles. The lowest BCUT2D eigenvalue weighted by Gasteiger charge is -2.17. The largest absolute Gasteiger partial charge is 0.488 e. The van der Waals surface area contributed by atoms with E-state index >= 15 is 4.39 Å². The Morgan fingerprint density at radius 3 is 2.54 bits per heavy atom. The zero-order valence-electron chi connectivity index (χ0n) is 18.5. The van der Waals surface area contributed by atoms with E-state index in [0.717, 1.165) is 17.3 Å². The van der Waals surface area contributed by atoms with Gasteiger partial charge in [-0.3, -0.25) is 4.79 Å². The summed E-state index contributed by atoms with van der Waals surface area (Å²) in [5.41, 5.74) is -0.0905. The van der Waals surface area contributed by atoms with Crippen LogP contribution in [-0.4, -0.2) is 45.0 Å². The van der Waals surface area contributed by atoms with E-state index in [2.05, 4.69) is 20.3 Å². The number of halogens is 4. The van der Waals surface area contributed by atoms with Gasteiger partial charge in [0.2, 0.25) is 5.82 Å². The van der Waals surface area contributed by atoms with Gasteiger partial charge < -0.3 is 19.9 Å². The highest BCUT2D eigenvalue weighted by Crippen LogP contribution is 2.34. The zero-order chi connectivity index (χ0) is 25.3. The van der Waals surface area contributed by atoms with Crippen molar-refractivity contribution in [2.24, 2.45) is 0 Å². The molecule has 3 aromatic rings. The van der Waals surface area contributed by atoms with Gasteiger partial charge in [0.1, 0.15) is 22.7 Å². The lowest BCUT2D eigenvalue weighted by Crippen LogP contribution is -2.28. The number of carbonyl (C=O) groups excluding carboxylic acids is 1. The third kappa shape index (κ3) is 5.74. The van der Waals surface area contributed by atoms with Crippen LogP contribution in [0.25, 0.3) is 10.6 Å². The number of hydrogen-bond acceptors (Lipinski definition) is 8. The van der Waals surface area contributed by atoms with E-state index < -0.39 is 42.2 Å². The van der Waals surface area contributed by atoms with Gasteiger partial charge in [0.25, 0.3) is 5.91 Å². The van der Waals surface area contributed by atoms with Crippen LogP contribution in [0.4, 0.5) is 17.6 Å². The van der Waals surface area contributed by atoms with Crippen LogP contribution < -0.4 is 10.1 Å². The Labute approximate surface area is 201 Å². The first-order valence-electron chi connectivity index (χ1n) is 10.4. The van der Waals surface area contributed by atoms with E-state index in [9.17, 15) is 23.1 Å². The fourth-order valence-electron chi connectivity index (χ4n) is 3.39. The van der Waals surface area contributed by atoms with Crippen LogP contribution in [0.2, 0.25) is 0 Å². The van der Waals surface area contributed by atoms with E-state index in [0.29, 0.717) is 5.01 Å². The number of amides is 1. The summed E-state index contributed by atoms with van der Waals surface area (Å²) in [7, 11) is 0. The lowest BCUT2D eigenvalue weighted by atomic mass is 10.1. The Bertz CT molecular complexity index is 1220. The average molecular weight is 512 g/mol. The Balaban J connectivity index is 1.61. The number of hydrogen-bond donors (Lipinski definition) is 2. The summed E-state index contributed by atoms with van der Waals surface area (Å²) in [5.74, 6) is -2.78. The molecule has 2 aromatic heterocycles. The summed E-state index contributed by atoms with van der Waals surface area (Å²) in [6.45, 7) is 3.43. The van der Waals surface area contributed by atoms with Crippen LogP contribution in [-0.2, 0) is 10.9 Å². The molecule has 0 radical (unpaired) electrons. The number of ether oxygens (including phenoxy) is 2. The topological polar surface area (TPSA) is 106 Å². The van der Waals surface area contributed by atoms with Crippen molar-refractivity contribution in [3.63, 3.8) is 0 Å². The fraction of sp³-hybridized carbons (Fsp3) is 0.364. The Morgan fingerprint density at radius 2 is 1.97 bits per heavy atom. The van der Waals surface area contributed by atoms with Gasteiger partial charge in [0.05, 0.1) is 23.8 Å². The van der Waals surface area contributed by atoms with Crippen LogP contribution in [0.1, 0.15) is 46.0 Å². The number of thiazole rings is 1. The second kappa shape index (κ2) is 9.84. The monoisotopic (exact) mass is 512 g/mol. The van der Waals surface area contributed by atoms with E-state index in [1.54, 1.807) is 13.1 Å². The quantitative estimate of drug-likeness (QED) is 0.480. The molecule has 35 heavy (non-hydrogen) atoms. The number of nitrogens with zero attached hydrogens (tertiary/aromatic N) is 3. The maximum Gasteiger partial charge on any atom is 0.451 e. The molecule has 0 aliphatic carbocycles. The first-order valence-corrected chi connectivity index (χ1v) is 11.3. The molecular weight excluding hydrogens is 492 g/mol. The van der Waals surface area contributed by atoms with Gasteiger partial charge in [-0.25, -0.2) is 19.3 Å². The summed E-state index contributed by atoms with van der Waals surface area (Å²) < 4.78 is 64.5. The van der Waals surface area contributed by atoms with E-state index in [-0.39, 0.29) is 35.5 Å². The molecule has 4 rings (SSSR count). The highest BCUT2D eigenvalue weighted by atomic mass is 32.1. The van der Waals surface area contributed by atoms with Crippen molar-refractivity contribution in [3.05, 3.63) is 58.4 Å². The minimum Gasteiger partial charge on any atom is -0.488 e. The summed E-state index contributed by atoms with van der Waals surface area (Å²) >= 11 is 1.23. The van der Waals surface area contributed by atoms with Crippen molar-refractivity contribution < 1.29 is 36.9 Å². The van der Waals surface area contributed by atoms with Gasteiger partial charge in [-0.1, -0.05) is 0 Å². The van der Waals surface area contributed by atoms with Gasteiger partial charge >= 0.3 is 6.18 Å². The Kier molecular flexibility index (Phi) is 7.01. The highest BCUT2D eigenvalue weighted by Gasteiger charge is 2.34. The minimum absolute atomic E-state index is 0.0516. The molecule has 0 saturated carbocycles. The molecule has 0 bridgehead atoms. The minimum atomic E-state index is -4.69. The fourth-order valence-corrected chi connectivity index (χ4v) is 4.16. The average Bonchev–Trinajstić information content (AvgIpc) is 3.41. The number of aliphatic hydroxyl groups excluding tert-OH is 1. The van der Waals surface area contributed by atoms with Crippen LogP contribution in [0.3, 0.4) is 0 Å². The molecule has 186 valence electrons. The summed E-state index contributed by atoms with van der Waals surface area (Å²) in [5, 5.41) is 12.4. The molecule has 1 amide bonds. The molecule has 3 heterocycles. The van der Waals surface area contributed by atoms with Gasteiger partial charge in [0.15, 0.2) is 6.29 Å². The second-order valence-electron chi connectivity index (χ2n) is 7.90. The first kappa shape index (κ1) is 24.9. The van der Waals surface area contributed by atoms with Gasteiger partial charge in [0, 0.05) is 35.5 Å². The van der Waals surface area contributed by atoms with Crippen molar-refractivity contribution in [2.75, 3.05) is 6.61 Å². The first-order chi connectivity index (χ1) is 16.5. The Morgan fingerprint density at radius 1 is 1.26 bits per heavy atom. The number of rotatable bonds is 6. The smallest absolute Gasteiger partial charge is 0.451 e. The number of alkyl halides is 3. The van der Waals surface area contributed by atoms with Crippen molar-refractivity contribution in [3.8, 4) is 16.3 Å². The van der Waals surface area contributed by atoms with E-state index in [4.69, 9.17) is 9.47 Å². The molecule has 0 spiro atoms. The molecule has 13 heteroatoms. The summed E-state index contributed by atoms with van der Waals surface area (Å²) in [4.78, 5) is 24.6. The molecule has 1 aromatic carbocycles. The normalized spacial score (nSPS) is 18.9. The number of aromatic nitrogens is 3. The number of aryl methyl sites for hydroxylation is 1. The van der Waals surface area contributed by atoms with Crippen molar-refractivity contribution in [2.45, 2.75) is 44.9 Å². The van der Waals surface area contributed by atoms with Crippen LogP contribution in [0, 0.1) is 12.7 Å². The third-order valence-corrected chi connectivity index (χ3v) is 6.10. The summed E-state index contributed by atoms with van der Waals surface area (Å²) in [6, 6.07) is 1.81. The summed E-state index contributed by atoms with van der Waals surface area (Å²) in [6.07, 6.45) is -2.50. The zero-order valence-corrected chi connectivity index (χ0v) is 19.3. The SMILES string of the molecule is Cc1cnc(-c2cc(O[C@H]3CO[C@@H](O)C3)cc(C(=O)N[C@H](C)c3cnc(C(F)(F)F)nc3)c2F)s1. The number of nitrogens with one attached hydrogen (secondary N) is 1. The van der Waals surface area contributed by atoms with Crippen molar-refractivity contribution in [1.82, 2.24) is 20.3 Å². The number of benzene rings is 1. The standard InChI is InChI=1S/C22H20F4N4O4S/c1-10-6-27-20(35-10)16-4-13(34-14-5-17(31)33-9-14)3-15(18(16)23)19(32)30-11(2)12-7-28-21(29-8-12)22(24,25)26/h3-4,6-8,11,14,17,31H,5,9H2,1-2H3,(H,30,32)/t11-,14-,17-/m1/s1. The van der Waals surface area contributed by atoms with E-state index in [1.807, 2.05) is 0 Å². The maximum atomic E-state index is 15.4. The molecule has 3 atom stereocenters. The highest BCUT2D eigenvalue weighted by molar-refractivity contribution is 7.14. The van der Waals surface area contributed by atoms with Gasteiger partial charge in [-0.2, -0.15) is 13.2 Å². The third-order valence-electron chi connectivity index (χ3n) is 5.16. The van der Waals surface area contributed by atoms with Crippen LogP contribution in [0.15, 0.2) is 30.7 Å². The molecular formula is C22H20F4N4O4S. The number of carbonyl (C=O) groups is 1. The molecule has 1 aliphatic rings. The predicted molar refractivity (Wildman–Crippen MR) is 116 cm³/mol. The van der Waals surface area contributed by atoms with Gasteiger partial charge in [-0.15, -0.1) is 11.3 Å². The molecule has 2 N–H and O–H groups in total. The van der Waals surface area contributed by atoms with Crippen LogP contribution in [0.5, 0.6) is 5.75 Å².